The monoisotopic (exact) mass is 320 g/mol. The van der Waals surface area contributed by atoms with Crippen molar-refractivity contribution in [2.45, 2.75) is 0 Å². The van der Waals surface area contributed by atoms with Gasteiger partial charge in [-0.05, 0) is 47.9 Å². The minimum atomic E-state index is -0.313. The summed E-state index contributed by atoms with van der Waals surface area (Å²) in [6.07, 6.45) is 0. The number of benzene rings is 2. The van der Waals surface area contributed by atoms with E-state index in [9.17, 15) is 9.18 Å². The third-order valence-electron chi connectivity index (χ3n) is 3.12. The molecule has 0 aliphatic carbocycles. The highest BCUT2D eigenvalue weighted by Gasteiger charge is 2.15. The number of carbonyl (C=O) groups excluding carboxylic acids is 1. The highest BCUT2D eigenvalue weighted by Crippen LogP contribution is 2.30. The van der Waals surface area contributed by atoms with Gasteiger partial charge in [-0.1, -0.05) is 11.6 Å². The summed E-state index contributed by atoms with van der Waals surface area (Å²) in [5.41, 5.74) is 0.489. The molecule has 2 aromatic carbocycles. The number of ketones is 1. The zero-order valence-corrected chi connectivity index (χ0v) is 12.6. The minimum absolute atomic E-state index is 0.133. The first-order valence-corrected chi connectivity index (χ1v) is 7.35. The van der Waals surface area contributed by atoms with Crippen molar-refractivity contribution in [3.8, 4) is 5.75 Å². The van der Waals surface area contributed by atoms with Gasteiger partial charge >= 0.3 is 0 Å². The van der Waals surface area contributed by atoms with E-state index >= 15 is 0 Å². The van der Waals surface area contributed by atoms with Crippen LogP contribution in [0.2, 0.25) is 5.02 Å². The molecule has 0 aliphatic heterocycles. The molecule has 0 radical (unpaired) electrons. The fourth-order valence-electron chi connectivity index (χ4n) is 2.07. The summed E-state index contributed by atoms with van der Waals surface area (Å²) >= 11 is 7.29. The molecule has 1 heterocycles. The summed E-state index contributed by atoms with van der Waals surface area (Å²) < 4.78 is 19.2. The molecule has 3 aromatic rings. The number of fused-ring (bicyclic) bond motifs is 1. The molecule has 0 aliphatic rings. The Bertz CT molecular complexity index is 841. The molecule has 3 rings (SSSR count). The largest absolute Gasteiger partial charge is 0.495 e. The van der Waals surface area contributed by atoms with Gasteiger partial charge < -0.3 is 4.74 Å². The van der Waals surface area contributed by atoms with Crippen LogP contribution in [-0.4, -0.2) is 12.9 Å². The molecule has 5 heteroatoms. The fraction of sp³-hybridized carbons (Fsp3) is 0.0625. The highest BCUT2D eigenvalue weighted by atomic mass is 35.5. The number of rotatable bonds is 3. The molecule has 0 saturated carbocycles. The number of methoxy groups -OCH3 is 1. The first kappa shape index (κ1) is 14.0. The molecule has 106 valence electrons. The molecule has 0 fully saturated rings. The molecule has 0 spiro atoms. The van der Waals surface area contributed by atoms with Crippen molar-refractivity contribution in [1.29, 1.82) is 0 Å². The van der Waals surface area contributed by atoms with Gasteiger partial charge in [0, 0.05) is 10.3 Å². The molecule has 0 amide bonds. The molecular weight excluding hydrogens is 311 g/mol. The molecule has 1 aromatic heterocycles. The lowest BCUT2D eigenvalue weighted by molar-refractivity contribution is 0.104. The average Bonchev–Trinajstić information content (AvgIpc) is 2.90. The Morgan fingerprint density at radius 1 is 1.19 bits per heavy atom. The van der Waals surface area contributed by atoms with E-state index in [-0.39, 0.29) is 11.6 Å². The van der Waals surface area contributed by atoms with Crippen molar-refractivity contribution in [3.63, 3.8) is 0 Å². The van der Waals surface area contributed by atoms with E-state index in [2.05, 4.69) is 0 Å². The van der Waals surface area contributed by atoms with Crippen molar-refractivity contribution >= 4 is 38.8 Å². The summed E-state index contributed by atoms with van der Waals surface area (Å²) in [7, 11) is 1.50. The molecule has 2 nitrogen and oxygen atoms in total. The van der Waals surface area contributed by atoms with E-state index in [1.165, 1.54) is 30.6 Å². The second-order valence-corrected chi connectivity index (χ2v) is 5.96. The summed E-state index contributed by atoms with van der Waals surface area (Å²) in [5, 5.41) is 1.18. The van der Waals surface area contributed by atoms with Crippen LogP contribution in [0, 0.1) is 5.82 Å². The SMILES string of the molecule is COc1cc(C(=O)c2cc3cc(F)ccc3s2)ccc1Cl. The normalized spacial score (nSPS) is 10.8. The van der Waals surface area contributed by atoms with Crippen LogP contribution in [0.25, 0.3) is 10.1 Å². The van der Waals surface area contributed by atoms with E-state index in [0.29, 0.717) is 21.2 Å². The molecule has 0 atom stereocenters. The van der Waals surface area contributed by atoms with Crippen LogP contribution < -0.4 is 4.74 Å². The number of thiophene rings is 1. The van der Waals surface area contributed by atoms with Crippen LogP contribution in [0.3, 0.4) is 0 Å². The number of hydrogen-bond acceptors (Lipinski definition) is 3. The van der Waals surface area contributed by atoms with E-state index in [4.69, 9.17) is 16.3 Å². The van der Waals surface area contributed by atoms with Crippen molar-refractivity contribution < 1.29 is 13.9 Å². The average molecular weight is 321 g/mol. The molecule has 21 heavy (non-hydrogen) atoms. The van der Waals surface area contributed by atoms with Crippen LogP contribution in [0.4, 0.5) is 4.39 Å². The maximum Gasteiger partial charge on any atom is 0.203 e. The van der Waals surface area contributed by atoms with Crippen molar-refractivity contribution in [1.82, 2.24) is 0 Å². The number of ether oxygens (including phenoxy) is 1. The fourth-order valence-corrected chi connectivity index (χ4v) is 3.27. The standard InChI is InChI=1S/C16H10ClFO2S/c1-20-13-7-9(2-4-12(13)17)16(19)15-8-10-6-11(18)3-5-14(10)21-15/h2-8H,1H3. The third kappa shape index (κ3) is 2.64. The van der Waals surface area contributed by atoms with Crippen LogP contribution in [0.5, 0.6) is 5.75 Å². The van der Waals surface area contributed by atoms with E-state index in [0.717, 1.165) is 10.1 Å². The Balaban J connectivity index is 2.03. The van der Waals surface area contributed by atoms with Crippen molar-refractivity contribution in [2.24, 2.45) is 0 Å². The summed E-state index contributed by atoms with van der Waals surface area (Å²) in [6.45, 7) is 0. The smallest absolute Gasteiger partial charge is 0.203 e. The first-order chi connectivity index (χ1) is 10.1. The molecule has 0 N–H and O–H groups in total. The zero-order chi connectivity index (χ0) is 15.0. The van der Waals surface area contributed by atoms with Gasteiger partial charge in [0.1, 0.15) is 11.6 Å². The predicted octanol–water partition coefficient (Wildman–Crippen LogP) is 4.93. The predicted molar refractivity (Wildman–Crippen MR) is 83.2 cm³/mol. The maximum atomic E-state index is 13.2. The summed E-state index contributed by atoms with van der Waals surface area (Å²) in [4.78, 5) is 13.1. The minimum Gasteiger partial charge on any atom is -0.495 e. The van der Waals surface area contributed by atoms with Crippen LogP contribution in [0.15, 0.2) is 42.5 Å². The number of halogens is 2. The second-order valence-electron chi connectivity index (χ2n) is 4.47. The lowest BCUT2D eigenvalue weighted by Crippen LogP contribution is -1.99. The van der Waals surface area contributed by atoms with Crippen LogP contribution in [-0.2, 0) is 0 Å². The van der Waals surface area contributed by atoms with E-state index in [1.54, 1.807) is 30.3 Å². The molecule has 0 unspecified atom stereocenters. The van der Waals surface area contributed by atoms with Crippen LogP contribution in [0.1, 0.15) is 15.2 Å². The summed E-state index contributed by atoms with van der Waals surface area (Å²) in [6, 6.07) is 11.1. The third-order valence-corrected chi connectivity index (χ3v) is 4.54. The Hall–Kier alpha value is -1.91. The van der Waals surface area contributed by atoms with E-state index in [1.807, 2.05) is 0 Å². The van der Waals surface area contributed by atoms with Gasteiger partial charge in [0.25, 0.3) is 0 Å². The molecular formula is C16H10ClFO2S. The Labute approximate surface area is 129 Å². The van der Waals surface area contributed by atoms with Gasteiger partial charge in [0.2, 0.25) is 5.78 Å². The van der Waals surface area contributed by atoms with Gasteiger partial charge in [-0.25, -0.2) is 4.39 Å². The number of hydrogen-bond donors (Lipinski definition) is 0. The quantitative estimate of drug-likeness (QED) is 0.639. The maximum absolute atomic E-state index is 13.2. The van der Waals surface area contributed by atoms with Gasteiger partial charge in [0.15, 0.2) is 0 Å². The first-order valence-electron chi connectivity index (χ1n) is 6.16. The Kier molecular flexibility index (Phi) is 3.66. The lowest BCUT2D eigenvalue weighted by Gasteiger charge is -2.04. The Morgan fingerprint density at radius 3 is 2.76 bits per heavy atom. The van der Waals surface area contributed by atoms with Crippen molar-refractivity contribution in [3.05, 3.63) is 63.7 Å². The summed E-state index contributed by atoms with van der Waals surface area (Å²) in [5.74, 6) is 0.00806. The van der Waals surface area contributed by atoms with Gasteiger partial charge in [-0.3, -0.25) is 4.79 Å². The van der Waals surface area contributed by atoms with Crippen molar-refractivity contribution in [2.75, 3.05) is 7.11 Å². The number of carbonyl (C=O) groups is 1. The highest BCUT2D eigenvalue weighted by molar-refractivity contribution is 7.21. The van der Waals surface area contributed by atoms with Gasteiger partial charge in [-0.15, -0.1) is 11.3 Å². The second kappa shape index (κ2) is 5.47. The van der Waals surface area contributed by atoms with Crippen LogP contribution >= 0.6 is 22.9 Å². The molecule has 0 bridgehead atoms. The Morgan fingerprint density at radius 2 is 2.00 bits per heavy atom. The lowest BCUT2D eigenvalue weighted by atomic mass is 10.1. The van der Waals surface area contributed by atoms with Gasteiger partial charge in [-0.2, -0.15) is 0 Å². The topological polar surface area (TPSA) is 26.3 Å². The zero-order valence-electron chi connectivity index (χ0n) is 11.0. The molecule has 0 saturated heterocycles. The van der Waals surface area contributed by atoms with Gasteiger partial charge in [0.05, 0.1) is 17.0 Å². The van der Waals surface area contributed by atoms with E-state index < -0.39 is 0 Å².